The number of hydrogen-bond donors (Lipinski definition) is 1. The summed E-state index contributed by atoms with van der Waals surface area (Å²) in [4.78, 5) is 21.4. The van der Waals surface area contributed by atoms with Crippen LogP contribution in [0.1, 0.15) is 178 Å². The van der Waals surface area contributed by atoms with Gasteiger partial charge in [0.2, 0.25) is 5.89 Å². The number of benzene rings is 8. The Kier molecular flexibility index (Phi) is 19.0. The number of aromatic amines is 1. The van der Waals surface area contributed by atoms with Crippen LogP contribution in [0.3, 0.4) is 0 Å². The Hall–Kier alpha value is -8.34. The number of fused-ring (bicyclic) bond motifs is 10. The van der Waals surface area contributed by atoms with Crippen molar-refractivity contribution in [3.63, 3.8) is 0 Å². The first-order chi connectivity index (χ1) is 42.1. The maximum absolute atomic E-state index is 5.62. The lowest BCUT2D eigenvalue weighted by Crippen LogP contribution is -2.10. The molecule has 90 heavy (non-hydrogen) atoms. The minimum Gasteiger partial charge on any atom is -0.464 e. The number of aromatic nitrogens is 7. The van der Waals surface area contributed by atoms with Crippen LogP contribution in [-0.4, -0.2) is 34.1 Å². The van der Waals surface area contributed by atoms with Crippen LogP contribution >= 0.6 is 11.3 Å². The van der Waals surface area contributed by atoms with E-state index in [-0.39, 0.29) is 32.5 Å². The van der Waals surface area contributed by atoms with Gasteiger partial charge < -0.3 is 23.0 Å². The molecule has 0 aliphatic carbocycles. The van der Waals surface area contributed by atoms with Gasteiger partial charge in [-0.1, -0.05) is 234 Å². The molecule has 0 saturated heterocycles. The van der Waals surface area contributed by atoms with Crippen molar-refractivity contribution >= 4 is 98.1 Å². The summed E-state index contributed by atoms with van der Waals surface area (Å²) in [6.07, 6.45) is 5.69. The van der Waals surface area contributed by atoms with E-state index in [0.717, 1.165) is 39.1 Å². The highest BCUT2D eigenvalue weighted by Gasteiger charge is 2.23. The maximum Gasteiger partial charge on any atom is 0.200 e. The van der Waals surface area contributed by atoms with Gasteiger partial charge in [-0.2, -0.15) is 0 Å². The van der Waals surface area contributed by atoms with E-state index < -0.39 is 0 Å². The Morgan fingerprint density at radius 2 is 0.989 bits per heavy atom. The van der Waals surface area contributed by atoms with Gasteiger partial charge in [0, 0.05) is 62.3 Å². The van der Waals surface area contributed by atoms with Crippen molar-refractivity contribution < 1.29 is 8.83 Å². The Morgan fingerprint density at radius 3 is 1.54 bits per heavy atom. The number of thiazole rings is 1. The molecule has 6 aromatic heterocycles. The van der Waals surface area contributed by atoms with Crippen LogP contribution in [0.4, 0.5) is 0 Å². The zero-order valence-electron chi connectivity index (χ0n) is 57.3. The average molecular weight is 1220 g/mol. The molecule has 9 nitrogen and oxygen atoms in total. The molecule has 0 amide bonds. The monoisotopic (exact) mass is 1220 g/mol. The highest BCUT2D eigenvalue weighted by atomic mass is 32.1. The first-order valence-corrected chi connectivity index (χ1v) is 32.5. The van der Waals surface area contributed by atoms with Gasteiger partial charge in [0.05, 0.1) is 56.2 Å². The lowest BCUT2D eigenvalue weighted by atomic mass is 9.86. The van der Waals surface area contributed by atoms with Crippen LogP contribution in [0.2, 0.25) is 0 Å². The quantitative estimate of drug-likeness (QED) is 0.176. The molecule has 6 heterocycles. The summed E-state index contributed by atoms with van der Waals surface area (Å²) in [5.74, 6) is 0.800. The fraction of sp³-hybridized carbons (Fsp3) is 0.350. The topological polar surface area (TPSA) is 103 Å². The Bertz CT molecular complexity index is 4410. The van der Waals surface area contributed by atoms with E-state index in [1.165, 1.54) is 81.0 Å². The second-order valence-corrected chi connectivity index (χ2v) is 31.3. The molecule has 0 aliphatic rings. The molecule has 0 unspecified atom stereocenters. The predicted octanol–water partition coefficient (Wildman–Crippen LogP) is 23.0. The summed E-state index contributed by atoms with van der Waals surface area (Å²) in [7, 11) is 2.05. The van der Waals surface area contributed by atoms with Crippen molar-refractivity contribution in [2.24, 2.45) is 7.05 Å². The van der Waals surface area contributed by atoms with Crippen LogP contribution in [0.15, 0.2) is 192 Å². The molecule has 14 aromatic rings. The molecule has 1 N–H and O–H groups in total. The van der Waals surface area contributed by atoms with Crippen LogP contribution < -0.4 is 0 Å². The Labute approximate surface area is 538 Å². The van der Waals surface area contributed by atoms with Crippen LogP contribution in [0.25, 0.3) is 86.8 Å². The third kappa shape index (κ3) is 15.4. The standard InChI is InChI=1S/C18H22N2.C16H18N2.C12H15N.C12H14O.C11H13NO.C11H13NS/c1-12(2)20-11-19-16-9-6-13-10-14(18(3,4)5)7-8-15(13)17(16)20;1-16(2,3)12-6-7-13-11(9-12)5-8-14-15(13)18(4)10-17-14;1-12(2,3)11-8-9-6-4-5-7-10(9)13-11;1-12(2,3)10-8-13-11-7-5-4-6-9(10)11;2*1-11(2,3)10-12-8-6-4-5-7-9(8)13-10/h6-12H,1-5H3;5-10H,1-4H3;4-8,13H,1-3H3;4-8H,1-3H3;2*4-7H,1-3H3. The molecule has 0 aliphatic heterocycles. The zero-order chi connectivity index (χ0) is 65.3. The minimum absolute atomic E-state index is 0.0149. The summed E-state index contributed by atoms with van der Waals surface area (Å²) in [6.45, 7) is 44.0. The first-order valence-electron chi connectivity index (χ1n) is 31.7. The molecule has 8 aromatic carbocycles. The van der Waals surface area contributed by atoms with Crippen molar-refractivity contribution in [2.45, 2.75) is 177 Å². The van der Waals surface area contributed by atoms with Crippen LogP contribution in [0, 0.1) is 0 Å². The zero-order valence-corrected chi connectivity index (χ0v) is 58.1. The highest BCUT2D eigenvalue weighted by Crippen LogP contribution is 2.35. The van der Waals surface area contributed by atoms with Crippen molar-refractivity contribution in [3.05, 3.63) is 216 Å². The molecule has 0 fully saturated rings. The van der Waals surface area contributed by atoms with Crippen molar-refractivity contribution in [1.29, 1.82) is 0 Å². The van der Waals surface area contributed by atoms with Gasteiger partial charge in [0.15, 0.2) is 5.58 Å². The van der Waals surface area contributed by atoms with E-state index in [2.05, 4.69) is 288 Å². The number of para-hydroxylation sites is 5. The number of hydrogen-bond acceptors (Lipinski definition) is 7. The lowest BCUT2D eigenvalue weighted by molar-refractivity contribution is 0.411. The normalized spacial score (nSPS) is 12.4. The van der Waals surface area contributed by atoms with Gasteiger partial charge in [-0.15, -0.1) is 11.3 Å². The van der Waals surface area contributed by atoms with E-state index in [0.29, 0.717) is 6.04 Å². The third-order valence-corrected chi connectivity index (χ3v) is 17.5. The summed E-state index contributed by atoms with van der Waals surface area (Å²) in [5.41, 5.74) is 16.0. The molecular weight excluding hydrogens is 1120 g/mol. The van der Waals surface area contributed by atoms with Gasteiger partial charge in [-0.05, 0) is 112 Å². The van der Waals surface area contributed by atoms with E-state index >= 15 is 0 Å². The highest BCUT2D eigenvalue weighted by molar-refractivity contribution is 7.18. The van der Waals surface area contributed by atoms with Gasteiger partial charge in [-0.3, -0.25) is 0 Å². The van der Waals surface area contributed by atoms with Gasteiger partial charge in [0.25, 0.3) is 0 Å². The summed E-state index contributed by atoms with van der Waals surface area (Å²) < 4.78 is 16.7. The van der Waals surface area contributed by atoms with Crippen LogP contribution in [-0.2, 0) is 39.5 Å². The van der Waals surface area contributed by atoms with Crippen molar-refractivity contribution in [3.8, 4) is 0 Å². The van der Waals surface area contributed by atoms with E-state index in [1.807, 2.05) is 74.5 Å². The summed E-state index contributed by atoms with van der Waals surface area (Å²) >= 11 is 1.79. The van der Waals surface area contributed by atoms with E-state index in [9.17, 15) is 0 Å². The molecule has 468 valence electrons. The van der Waals surface area contributed by atoms with Gasteiger partial charge in [0.1, 0.15) is 11.1 Å². The lowest BCUT2D eigenvalue weighted by Gasteiger charge is -2.20. The van der Waals surface area contributed by atoms with Crippen molar-refractivity contribution in [1.82, 2.24) is 34.1 Å². The number of oxazole rings is 1. The molecule has 10 heteroatoms. The SMILES string of the molecule is CC(C)(C)c1cc2ccccc2[nH]1.CC(C)(C)c1coc2ccccc12.CC(C)(C)c1nc2ccccc2o1.CC(C)(C)c1nc2ccccc2s1.CC(C)n1cnc2ccc3cc(C(C)(C)C)ccc3c21.Cn1cnc2ccc3cc(C(C)(C)C)ccc3c21. The number of rotatable bonds is 1. The molecule has 0 radical (unpaired) electrons. The van der Waals surface area contributed by atoms with Crippen molar-refractivity contribution in [2.75, 3.05) is 0 Å². The predicted molar refractivity (Wildman–Crippen MR) is 386 cm³/mol. The number of H-pyrrole nitrogens is 1. The smallest absolute Gasteiger partial charge is 0.200 e. The molecule has 0 saturated carbocycles. The number of aryl methyl sites for hydroxylation is 1. The number of imidazole rings is 2. The minimum atomic E-state index is -0.0149. The number of nitrogens with one attached hydrogen (secondary N) is 1. The Balaban J connectivity index is 0.000000129. The third-order valence-electron chi connectivity index (χ3n) is 16.0. The Morgan fingerprint density at radius 1 is 0.444 bits per heavy atom. The molecule has 14 rings (SSSR count). The molecule has 0 atom stereocenters. The molecule has 0 spiro atoms. The van der Waals surface area contributed by atoms with Gasteiger partial charge in [-0.25, -0.2) is 19.9 Å². The maximum atomic E-state index is 5.62. The largest absolute Gasteiger partial charge is 0.464 e. The van der Waals surface area contributed by atoms with E-state index in [1.54, 1.807) is 11.3 Å². The fourth-order valence-corrected chi connectivity index (χ4v) is 11.6. The number of nitrogens with zero attached hydrogens (tertiary/aromatic N) is 6. The molecular formula is C80H95N7O2S. The summed E-state index contributed by atoms with van der Waals surface area (Å²) in [5, 5.41) is 8.91. The van der Waals surface area contributed by atoms with Gasteiger partial charge >= 0.3 is 0 Å². The fourth-order valence-electron chi connectivity index (χ4n) is 10.6. The first kappa shape index (κ1) is 66.1. The second kappa shape index (κ2) is 25.9. The average Bonchev–Trinajstić information content (AvgIpc) is 1.49. The molecule has 0 bridgehead atoms. The second-order valence-electron chi connectivity index (χ2n) is 30.2. The van der Waals surface area contributed by atoms with E-state index in [4.69, 9.17) is 8.83 Å². The summed E-state index contributed by atoms with van der Waals surface area (Å²) in [6, 6.07) is 57.5. The van der Waals surface area contributed by atoms with Crippen LogP contribution in [0.5, 0.6) is 0 Å². The number of furan rings is 1.